The Hall–Kier alpha value is -1.17. The molecule has 0 aromatic carbocycles. The number of hydrogen-bond acceptors (Lipinski definition) is 17. The normalized spacial score (nSPS) is 47.0. The molecule has 0 unspecified atom stereocenters. The molecule has 3 aliphatic rings. The molecule has 40 heavy (non-hydrogen) atoms. The Morgan fingerprint density at radius 2 is 1.48 bits per heavy atom. The highest BCUT2D eigenvalue weighted by Gasteiger charge is 2.52. The van der Waals surface area contributed by atoms with E-state index in [9.17, 15) is 45.6 Å². The quantitative estimate of drug-likeness (QED) is 0.113. The zero-order valence-electron chi connectivity index (χ0n) is 22.7. The lowest BCUT2D eigenvalue weighted by molar-refractivity contribution is -0.332. The van der Waals surface area contributed by atoms with Crippen LogP contribution in [0.4, 0.5) is 0 Å². The number of ether oxygens (including phenoxy) is 4. The first kappa shape index (κ1) is 33.3. The number of nitrogens with two attached hydrogens (primary N) is 4. The van der Waals surface area contributed by atoms with Gasteiger partial charge < -0.3 is 88.1 Å². The van der Waals surface area contributed by atoms with Crippen LogP contribution >= 0.6 is 0 Å². The van der Waals surface area contributed by atoms with Crippen LogP contribution < -0.4 is 28.3 Å². The van der Waals surface area contributed by atoms with E-state index in [1.165, 1.54) is 0 Å². The van der Waals surface area contributed by atoms with Gasteiger partial charge in [0.2, 0.25) is 5.91 Å². The van der Waals surface area contributed by atoms with E-state index in [1.807, 2.05) is 0 Å². The van der Waals surface area contributed by atoms with Crippen molar-refractivity contribution in [1.29, 1.82) is 0 Å². The lowest BCUT2D eigenvalue weighted by atomic mass is 9.83. The van der Waals surface area contributed by atoms with E-state index in [0.29, 0.717) is 0 Å². The number of hydrogen-bond donors (Lipinski definition) is 13. The van der Waals surface area contributed by atoms with Gasteiger partial charge >= 0.3 is 1.43 Å². The first-order valence-corrected chi connectivity index (χ1v) is 13.1. The van der Waals surface area contributed by atoms with Crippen LogP contribution in [-0.4, -0.2) is 164 Å². The van der Waals surface area contributed by atoms with Gasteiger partial charge in [0.25, 0.3) is 0 Å². The molecule has 16 atom stereocenters. The number of nitrogens with one attached hydrogen (secondary N) is 1. The van der Waals surface area contributed by atoms with Crippen molar-refractivity contribution in [3.8, 4) is 0 Å². The van der Waals surface area contributed by atoms with Gasteiger partial charge in [0, 0.05) is 12.6 Å². The van der Waals surface area contributed by atoms with Crippen LogP contribution in [0.3, 0.4) is 0 Å². The summed E-state index contributed by atoms with van der Waals surface area (Å²) in [6.07, 6.45) is -19.8. The first-order valence-electron chi connectivity index (χ1n) is 13.1. The third kappa shape index (κ3) is 7.06. The topological polar surface area (TPSA) is 332 Å². The van der Waals surface area contributed by atoms with Crippen molar-refractivity contribution in [1.82, 2.24) is 5.32 Å². The maximum atomic E-state index is 12.6. The van der Waals surface area contributed by atoms with Crippen molar-refractivity contribution in [2.75, 3.05) is 19.7 Å². The fourth-order valence-electron chi connectivity index (χ4n) is 5.07. The molecule has 1 saturated carbocycles. The highest BCUT2D eigenvalue weighted by atomic mass is 16.7. The molecule has 18 nitrogen and oxygen atoms in total. The molecular weight excluding hydrogens is 542 g/mol. The van der Waals surface area contributed by atoms with Gasteiger partial charge in [0.15, 0.2) is 12.6 Å². The molecule has 0 bridgehead atoms. The summed E-state index contributed by atoms with van der Waals surface area (Å²) in [5.74, 6) is -0.845. The van der Waals surface area contributed by atoms with Gasteiger partial charge in [-0.1, -0.05) is 0 Å². The summed E-state index contributed by atoms with van der Waals surface area (Å²) >= 11 is 0. The number of carbonyl (C=O) groups is 1. The molecule has 0 spiro atoms. The molecule has 0 aromatic rings. The van der Waals surface area contributed by atoms with Gasteiger partial charge in [-0.05, 0) is 19.4 Å². The van der Waals surface area contributed by atoms with Crippen molar-refractivity contribution >= 4 is 5.91 Å². The van der Waals surface area contributed by atoms with Gasteiger partial charge in [-0.3, -0.25) is 4.79 Å². The Labute approximate surface area is 231 Å². The number of amides is 1. The highest BCUT2D eigenvalue weighted by Crippen LogP contribution is 2.32. The summed E-state index contributed by atoms with van der Waals surface area (Å²) in [6.45, 7) is -0.898. The second-order valence-corrected chi connectivity index (χ2v) is 10.3. The second kappa shape index (κ2) is 14.3. The van der Waals surface area contributed by atoms with Crippen LogP contribution in [-0.2, 0) is 23.7 Å². The summed E-state index contributed by atoms with van der Waals surface area (Å²) in [5, 5.41) is 84.9. The molecule has 2 aliphatic heterocycles. The van der Waals surface area contributed by atoms with Crippen molar-refractivity contribution < 1.29 is 66.0 Å². The molecule has 1 aliphatic carbocycles. The Morgan fingerprint density at radius 1 is 0.875 bits per heavy atom. The minimum atomic E-state index is -1.76. The van der Waals surface area contributed by atoms with Crippen molar-refractivity contribution in [2.45, 2.75) is 111 Å². The summed E-state index contributed by atoms with van der Waals surface area (Å²) in [5.41, 5.74) is 23.1. The van der Waals surface area contributed by atoms with Crippen LogP contribution in [0, 0.1) is 0 Å². The number of rotatable bonds is 10. The smallest absolute Gasteiger partial charge is 0.394 e. The number of aliphatic hydroxyl groups excluding tert-OH is 8. The van der Waals surface area contributed by atoms with E-state index in [4.69, 9.17) is 41.9 Å². The molecule has 0 aromatic heterocycles. The zero-order valence-corrected chi connectivity index (χ0v) is 21.7. The van der Waals surface area contributed by atoms with Gasteiger partial charge in [-0.25, -0.2) is 0 Å². The molecule has 1 amide bonds. The van der Waals surface area contributed by atoms with Gasteiger partial charge in [0.1, 0.15) is 67.1 Å². The SMILES string of the molecule is NCC[C@H](O)C(=O)N[C@@H]1C[C@H](N)[C@@H](O[C@H]2O[C@H](CN)[C@@H](O)[C@H](O)[C@H]2O)[C@H](O)[C@H]1O[C@H]1O[C@H](CO)[C@@H](O)[C@H](N)[C@H]1O.[H+]. The minimum absolute atomic E-state index is 0. The van der Waals surface area contributed by atoms with Crippen molar-refractivity contribution in [3.63, 3.8) is 0 Å². The Kier molecular flexibility index (Phi) is 11.9. The summed E-state index contributed by atoms with van der Waals surface area (Å²) in [6, 6.07) is -3.45. The molecule has 17 N–H and O–H groups in total. The fourth-order valence-corrected chi connectivity index (χ4v) is 5.07. The van der Waals surface area contributed by atoms with Crippen molar-refractivity contribution in [2.24, 2.45) is 22.9 Å². The molecule has 0 radical (unpaired) electrons. The average Bonchev–Trinajstić information content (AvgIpc) is 2.92. The first-order chi connectivity index (χ1) is 18.9. The minimum Gasteiger partial charge on any atom is -0.394 e. The van der Waals surface area contributed by atoms with Crippen LogP contribution in [0.25, 0.3) is 0 Å². The molecule has 234 valence electrons. The third-order valence-electron chi connectivity index (χ3n) is 7.51. The molecule has 2 heterocycles. The van der Waals surface area contributed by atoms with E-state index in [0.717, 1.165) is 0 Å². The van der Waals surface area contributed by atoms with Crippen molar-refractivity contribution in [3.05, 3.63) is 0 Å². The fraction of sp³-hybridized carbons (Fsp3) is 0.955. The maximum absolute atomic E-state index is 12.6. The van der Waals surface area contributed by atoms with E-state index >= 15 is 0 Å². The molecule has 18 heteroatoms. The summed E-state index contributed by atoms with van der Waals surface area (Å²) < 4.78 is 22.5. The monoisotopic (exact) mass is 586 g/mol. The van der Waals surface area contributed by atoms with Gasteiger partial charge in [0.05, 0.1) is 18.7 Å². The average molecular weight is 587 g/mol. The standard InChI is InChI=1S/C22H43N5O13/c23-2-1-8(29)20(36)27-7-3-6(25)18(39-22-16(34)15(33)13(31)9(4-24)37-22)17(35)19(7)40-21-14(32)11(26)12(30)10(5-28)38-21/h6-19,21-22,28-35H,1-5,23-26H2,(H,27,36)/p+1/t6-,7+,8-,9+,10+,11-,12+,13+,14+,15-,16+,17-,18+,19-,21+,22+/m0/s1. The van der Waals surface area contributed by atoms with E-state index in [1.54, 1.807) is 0 Å². The predicted octanol–water partition coefficient (Wildman–Crippen LogP) is -8.31. The Bertz CT molecular complexity index is 822. The third-order valence-corrected chi connectivity index (χ3v) is 7.51. The van der Waals surface area contributed by atoms with Crippen LogP contribution in [0.15, 0.2) is 0 Å². The summed E-state index contributed by atoms with van der Waals surface area (Å²) in [4.78, 5) is 12.6. The van der Waals surface area contributed by atoms with Crippen LogP contribution in [0.1, 0.15) is 14.3 Å². The molecular formula is C22H44N5O13+. The largest absolute Gasteiger partial charge is 1.00 e. The lowest BCUT2D eigenvalue weighted by Crippen LogP contribution is -2.69. The highest BCUT2D eigenvalue weighted by molar-refractivity contribution is 5.80. The predicted molar refractivity (Wildman–Crippen MR) is 133 cm³/mol. The molecule has 2 saturated heterocycles. The van der Waals surface area contributed by atoms with Gasteiger partial charge in [-0.2, -0.15) is 0 Å². The maximum Gasteiger partial charge on any atom is 1.00 e. The summed E-state index contributed by atoms with van der Waals surface area (Å²) in [7, 11) is 0. The second-order valence-electron chi connectivity index (χ2n) is 10.3. The number of aliphatic hydroxyl groups is 8. The molecule has 3 fully saturated rings. The van der Waals surface area contributed by atoms with Gasteiger partial charge in [-0.15, -0.1) is 0 Å². The van der Waals surface area contributed by atoms with E-state index in [-0.39, 0.29) is 27.4 Å². The van der Waals surface area contributed by atoms with E-state index < -0.39 is 110 Å². The number of carbonyl (C=O) groups excluding carboxylic acids is 1. The Balaban J connectivity index is 0.00000588. The molecule has 3 rings (SSSR count). The zero-order chi connectivity index (χ0) is 29.9. The van der Waals surface area contributed by atoms with Crippen LogP contribution in [0.2, 0.25) is 0 Å². The lowest BCUT2D eigenvalue weighted by Gasteiger charge is -2.49. The van der Waals surface area contributed by atoms with Crippen LogP contribution in [0.5, 0.6) is 0 Å². The Morgan fingerprint density at radius 3 is 2.08 bits per heavy atom. The van der Waals surface area contributed by atoms with E-state index in [2.05, 4.69) is 5.32 Å².